The second-order valence-electron chi connectivity index (χ2n) is 6.69. The number of hydrogen-bond acceptors (Lipinski definition) is 3. The van der Waals surface area contributed by atoms with E-state index < -0.39 is 0 Å². The van der Waals surface area contributed by atoms with Crippen LogP contribution in [0.25, 0.3) is 20.2 Å². The highest BCUT2D eigenvalue weighted by atomic mass is 79.9. The number of aliphatic hydroxyl groups is 1. The summed E-state index contributed by atoms with van der Waals surface area (Å²) >= 11 is 1.68. The van der Waals surface area contributed by atoms with Crippen LogP contribution in [0.15, 0.2) is 47.3 Å². The van der Waals surface area contributed by atoms with E-state index in [1.165, 1.54) is 5.56 Å². The van der Waals surface area contributed by atoms with Crippen LogP contribution in [0.5, 0.6) is 0 Å². The Morgan fingerprint density at radius 1 is 1.00 bits per heavy atom. The molecule has 3 aromatic rings. The van der Waals surface area contributed by atoms with Crippen molar-refractivity contribution in [1.82, 2.24) is 0 Å². The Morgan fingerprint density at radius 2 is 1.69 bits per heavy atom. The summed E-state index contributed by atoms with van der Waals surface area (Å²) in [5, 5.41) is 10.9. The minimum absolute atomic E-state index is 0. The Morgan fingerprint density at radius 3 is 2.38 bits per heavy atom. The number of benzene rings is 2. The standard InChI is InChI=1S/C21H26NO2S.BrH/c1-3-22(4-2,12-7-13-23)15-16-10-11-20-18(14-16)21(24)17-8-5-6-9-19(17)25-20;/h5-6,8-11,14,23H,3-4,7,12-13,15H2,1-2H3;1H/q+1;/p-1. The van der Waals surface area contributed by atoms with E-state index in [0.717, 1.165) is 57.3 Å². The number of rotatable bonds is 7. The van der Waals surface area contributed by atoms with Gasteiger partial charge < -0.3 is 26.6 Å². The van der Waals surface area contributed by atoms with Gasteiger partial charge in [-0.25, -0.2) is 0 Å². The number of aliphatic hydroxyl groups excluding tert-OH is 1. The first-order chi connectivity index (χ1) is 12.1. The van der Waals surface area contributed by atoms with Gasteiger partial charge in [0.25, 0.3) is 0 Å². The molecule has 3 nitrogen and oxygen atoms in total. The average molecular weight is 436 g/mol. The number of nitrogens with zero attached hydrogens (tertiary/aromatic N) is 1. The zero-order chi connectivity index (χ0) is 17.9. The fraction of sp³-hybridized carbons (Fsp3) is 0.381. The molecule has 3 rings (SSSR count). The molecule has 0 saturated carbocycles. The Kier molecular flexibility index (Phi) is 7.35. The van der Waals surface area contributed by atoms with Gasteiger partial charge in [0.2, 0.25) is 0 Å². The van der Waals surface area contributed by atoms with Crippen LogP contribution in [0.1, 0.15) is 25.8 Å². The second kappa shape index (κ2) is 9.09. The lowest BCUT2D eigenvalue weighted by molar-refractivity contribution is -0.938. The predicted octanol–water partition coefficient (Wildman–Crippen LogP) is 1.16. The smallest absolute Gasteiger partial charge is 0.195 e. The summed E-state index contributed by atoms with van der Waals surface area (Å²) < 4.78 is 3.04. The number of quaternary nitrogens is 1. The third-order valence-electron chi connectivity index (χ3n) is 5.29. The lowest BCUT2D eigenvalue weighted by atomic mass is 10.1. The fourth-order valence-electron chi connectivity index (χ4n) is 3.58. The van der Waals surface area contributed by atoms with Crippen LogP contribution in [-0.2, 0) is 6.54 Å². The van der Waals surface area contributed by atoms with Crippen molar-refractivity contribution >= 4 is 31.5 Å². The van der Waals surface area contributed by atoms with Crippen LogP contribution in [0.3, 0.4) is 0 Å². The van der Waals surface area contributed by atoms with Gasteiger partial charge in [0.1, 0.15) is 6.54 Å². The number of hydrogen-bond donors (Lipinski definition) is 1. The molecule has 1 aromatic heterocycles. The molecule has 0 spiro atoms. The van der Waals surface area contributed by atoms with Gasteiger partial charge >= 0.3 is 0 Å². The maximum absolute atomic E-state index is 12.9. The highest BCUT2D eigenvalue weighted by Crippen LogP contribution is 2.26. The van der Waals surface area contributed by atoms with Crippen molar-refractivity contribution in [2.75, 3.05) is 26.2 Å². The molecule has 1 N–H and O–H groups in total. The molecule has 2 aromatic carbocycles. The molecule has 0 unspecified atom stereocenters. The van der Waals surface area contributed by atoms with Gasteiger partial charge in [-0.15, -0.1) is 11.3 Å². The van der Waals surface area contributed by atoms with Gasteiger partial charge in [-0.1, -0.05) is 18.2 Å². The van der Waals surface area contributed by atoms with Gasteiger partial charge in [-0.3, -0.25) is 4.79 Å². The summed E-state index contributed by atoms with van der Waals surface area (Å²) in [5.74, 6) is 0. The highest BCUT2D eigenvalue weighted by molar-refractivity contribution is 7.24. The van der Waals surface area contributed by atoms with Crippen molar-refractivity contribution in [3.63, 3.8) is 0 Å². The summed E-state index contributed by atoms with van der Waals surface area (Å²) in [7, 11) is 0. The Balaban J connectivity index is 0.00000243. The van der Waals surface area contributed by atoms with E-state index in [4.69, 9.17) is 0 Å². The second-order valence-corrected chi connectivity index (χ2v) is 7.77. The van der Waals surface area contributed by atoms with Crippen LogP contribution >= 0.6 is 11.3 Å². The maximum Gasteiger partial charge on any atom is 0.195 e. The first kappa shape index (κ1) is 21.0. The summed E-state index contributed by atoms with van der Waals surface area (Å²) in [5.41, 5.74) is 1.33. The van der Waals surface area contributed by atoms with E-state index in [0.29, 0.717) is 0 Å². The molecule has 26 heavy (non-hydrogen) atoms. The lowest BCUT2D eigenvalue weighted by Crippen LogP contribution is -3.00. The molecule has 0 fully saturated rings. The molecule has 0 atom stereocenters. The van der Waals surface area contributed by atoms with Crippen molar-refractivity contribution in [3.8, 4) is 0 Å². The van der Waals surface area contributed by atoms with Crippen LogP contribution in [0.2, 0.25) is 0 Å². The maximum atomic E-state index is 12.9. The van der Waals surface area contributed by atoms with Gasteiger partial charge in [0.15, 0.2) is 5.43 Å². The molecule has 140 valence electrons. The molecule has 0 amide bonds. The molecule has 1 heterocycles. The van der Waals surface area contributed by atoms with Crippen LogP contribution < -0.4 is 22.4 Å². The van der Waals surface area contributed by atoms with Crippen LogP contribution in [0.4, 0.5) is 0 Å². The van der Waals surface area contributed by atoms with E-state index in [-0.39, 0.29) is 29.0 Å². The molecule has 0 bridgehead atoms. The van der Waals surface area contributed by atoms with Crippen molar-refractivity contribution in [1.29, 1.82) is 0 Å². The molecule has 0 saturated heterocycles. The van der Waals surface area contributed by atoms with E-state index in [9.17, 15) is 9.90 Å². The third kappa shape index (κ3) is 4.17. The van der Waals surface area contributed by atoms with Gasteiger partial charge in [-0.05, 0) is 38.1 Å². The van der Waals surface area contributed by atoms with Crippen molar-refractivity contribution < 1.29 is 26.6 Å². The molecule has 0 aliphatic carbocycles. The minimum Gasteiger partial charge on any atom is -1.00 e. The van der Waals surface area contributed by atoms with E-state index >= 15 is 0 Å². The van der Waals surface area contributed by atoms with Gasteiger partial charge in [0, 0.05) is 38.8 Å². The molecular weight excluding hydrogens is 410 g/mol. The average Bonchev–Trinajstić information content (AvgIpc) is 2.66. The Hall–Kier alpha value is -1.27. The molecule has 5 heteroatoms. The topological polar surface area (TPSA) is 37.3 Å². The van der Waals surface area contributed by atoms with Crippen LogP contribution in [0, 0.1) is 0 Å². The van der Waals surface area contributed by atoms with Gasteiger partial charge in [0.05, 0.1) is 19.6 Å². The largest absolute Gasteiger partial charge is 1.00 e. The van der Waals surface area contributed by atoms with Crippen molar-refractivity contribution in [2.24, 2.45) is 0 Å². The first-order valence-electron chi connectivity index (χ1n) is 9.03. The number of fused-ring (bicyclic) bond motifs is 2. The third-order valence-corrected chi connectivity index (χ3v) is 6.44. The Labute approximate surface area is 169 Å². The summed E-state index contributed by atoms with van der Waals surface area (Å²) in [6, 6.07) is 14.2. The lowest BCUT2D eigenvalue weighted by Gasteiger charge is -2.37. The zero-order valence-electron chi connectivity index (χ0n) is 15.4. The molecule has 0 aliphatic heterocycles. The monoisotopic (exact) mass is 435 g/mol. The first-order valence-corrected chi connectivity index (χ1v) is 9.84. The SMILES string of the molecule is CC[N+](CC)(CCCO)Cc1ccc2sc3ccccc3c(=O)c2c1.[Br-]. The van der Waals surface area contributed by atoms with E-state index in [1.807, 2.05) is 24.3 Å². The highest BCUT2D eigenvalue weighted by Gasteiger charge is 2.23. The summed E-state index contributed by atoms with van der Waals surface area (Å²) in [4.78, 5) is 12.9. The van der Waals surface area contributed by atoms with E-state index in [2.05, 4.69) is 32.0 Å². The zero-order valence-corrected chi connectivity index (χ0v) is 17.8. The van der Waals surface area contributed by atoms with Crippen molar-refractivity contribution in [2.45, 2.75) is 26.8 Å². The summed E-state index contributed by atoms with van der Waals surface area (Å²) in [6.07, 6.45) is 0.814. The number of halogens is 1. The van der Waals surface area contributed by atoms with Gasteiger partial charge in [-0.2, -0.15) is 0 Å². The van der Waals surface area contributed by atoms with Crippen molar-refractivity contribution in [3.05, 3.63) is 58.3 Å². The normalized spacial score (nSPS) is 11.7. The molecular formula is C21H26BrNO2S. The molecule has 0 aliphatic rings. The predicted molar refractivity (Wildman–Crippen MR) is 107 cm³/mol. The minimum atomic E-state index is 0. The fourth-order valence-corrected chi connectivity index (χ4v) is 4.64. The van der Waals surface area contributed by atoms with Crippen LogP contribution in [-0.4, -0.2) is 35.8 Å². The quantitative estimate of drug-likeness (QED) is 0.446. The van der Waals surface area contributed by atoms with E-state index in [1.54, 1.807) is 11.3 Å². The summed E-state index contributed by atoms with van der Waals surface area (Å²) in [6.45, 7) is 8.56. The Bertz CT molecular complexity index is 934. The molecule has 0 radical (unpaired) electrons.